The molecule has 2 heterocycles. The number of nitrogens with one attached hydrogen (secondary N) is 1. The molecular formula is C19H12FN3O. The van der Waals surface area contributed by atoms with Crippen LogP contribution in [0.25, 0.3) is 33.5 Å². The number of halogens is 1. The number of benzene rings is 2. The average Bonchev–Trinajstić information content (AvgIpc) is 2.63. The van der Waals surface area contributed by atoms with Crippen LogP contribution in [0, 0.1) is 5.82 Å². The molecule has 0 aliphatic heterocycles. The Morgan fingerprint density at radius 2 is 1.71 bits per heavy atom. The van der Waals surface area contributed by atoms with E-state index in [0.717, 1.165) is 11.1 Å². The molecule has 0 aliphatic carbocycles. The largest absolute Gasteiger partial charge is 0.305 e. The van der Waals surface area contributed by atoms with E-state index in [2.05, 4.69) is 15.0 Å². The highest BCUT2D eigenvalue weighted by Gasteiger charge is 2.08. The van der Waals surface area contributed by atoms with E-state index in [1.807, 2.05) is 12.1 Å². The monoisotopic (exact) mass is 317 g/mol. The van der Waals surface area contributed by atoms with Gasteiger partial charge in [-0.1, -0.05) is 24.3 Å². The van der Waals surface area contributed by atoms with Crippen molar-refractivity contribution in [3.63, 3.8) is 0 Å². The quantitative estimate of drug-likeness (QED) is 0.612. The molecule has 1 N–H and O–H groups in total. The lowest BCUT2D eigenvalue weighted by molar-refractivity contribution is 0.628. The molecule has 4 nitrogen and oxygen atoms in total. The number of hydrogen-bond donors (Lipinski definition) is 1. The summed E-state index contributed by atoms with van der Waals surface area (Å²) in [5.74, 6) is 0.140. The molecule has 2 aromatic heterocycles. The third-order valence-electron chi connectivity index (χ3n) is 3.79. The van der Waals surface area contributed by atoms with Gasteiger partial charge in [0.15, 0.2) is 5.82 Å². The van der Waals surface area contributed by atoms with Gasteiger partial charge in [-0.3, -0.25) is 9.78 Å². The summed E-state index contributed by atoms with van der Waals surface area (Å²) in [7, 11) is 0. The van der Waals surface area contributed by atoms with Crippen LogP contribution < -0.4 is 5.56 Å². The van der Waals surface area contributed by atoms with Crippen LogP contribution in [0.1, 0.15) is 0 Å². The standard InChI is InChI=1S/C19H12FN3O/c20-14-7-4-12(5-8-14)13-6-9-16-15(11-13)19(24)23-18(22-16)17-3-1-2-10-21-17/h1-11H,(H,22,23,24). The second kappa shape index (κ2) is 5.70. The molecule has 0 bridgehead atoms. The summed E-state index contributed by atoms with van der Waals surface area (Å²) >= 11 is 0. The van der Waals surface area contributed by atoms with Crippen molar-refractivity contribution in [2.45, 2.75) is 0 Å². The van der Waals surface area contributed by atoms with Crippen LogP contribution in [0.3, 0.4) is 0 Å². The maximum absolute atomic E-state index is 13.1. The fourth-order valence-corrected chi connectivity index (χ4v) is 2.58. The van der Waals surface area contributed by atoms with Crippen molar-refractivity contribution in [3.8, 4) is 22.6 Å². The number of nitrogens with zero attached hydrogens (tertiary/aromatic N) is 2. The summed E-state index contributed by atoms with van der Waals surface area (Å²) in [4.78, 5) is 23.9. The Morgan fingerprint density at radius 3 is 2.46 bits per heavy atom. The van der Waals surface area contributed by atoms with Crippen LogP contribution in [0.15, 0.2) is 71.7 Å². The van der Waals surface area contributed by atoms with Crippen molar-refractivity contribution < 1.29 is 4.39 Å². The van der Waals surface area contributed by atoms with E-state index in [0.29, 0.717) is 22.4 Å². The number of aromatic nitrogens is 3. The molecule has 0 atom stereocenters. The van der Waals surface area contributed by atoms with E-state index in [1.165, 1.54) is 12.1 Å². The molecule has 2 aromatic carbocycles. The lowest BCUT2D eigenvalue weighted by atomic mass is 10.0. The highest BCUT2D eigenvalue weighted by Crippen LogP contribution is 2.23. The van der Waals surface area contributed by atoms with Crippen LogP contribution >= 0.6 is 0 Å². The van der Waals surface area contributed by atoms with Gasteiger partial charge < -0.3 is 4.98 Å². The third kappa shape index (κ3) is 2.56. The van der Waals surface area contributed by atoms with Crippen LogP contribution in [-0.4, -0.2) is 15.0 Å². The van der Waals surface area contributed by atoms with Gasteiger partial charge in [0, 0.05) is 6.20 Å². The summed E-state index contributed by atoms with van der Waals surface area (Å²) in [6.07, 6.45) is 1.65. The maximum Gasteiger partial charge on any atom is 0.259 e. The molecule has 0 unspecified atom stereocenters. The Bertz CT molecular complexity index is 1070. The third-order valence-corrected chi connectivity index (χ3v) is 3.79. The Balaban J connectivity index is 1.85. The maximum atomic E-state index is 13.1. The number of pyridine rings is 1. The van der Waals surface area contributed by atoms with Gasteiger partial charge in [0.25, 0.3) is 5.56 Å². The minimum atomic E-state index is -0.293. The first-order valence-electron chi connectivity index (χ1n) is 7.42. The molecule has 4 rings (SSSR count). The number of aromatic amines is 1. The second-order valence-electron chi connectivity index (χ2n) is 5.37. The Kier molecular flexibility index (Phi) is 3.39. The molecule has 0 aliphatic rings. The first-order chi connectivity index (χ1) is 11.7. The number of rotatable bonds is 2. The first-order valence-corrected chi connectivity index (χ1v) is 7.42. The van der Waals surface area contributed by atoms with Crippen LogP contribution in [0.5, 0.6) is 0 Å². The number of hydrogen-bond acceptors (Lipinski definition) is 3. The van der Waals surface area contributed by atoms with Gasteiger partial charge >= 0.3 is 0 Å². The lowest BCUT2D eigenvalue weighted by Crippen LogP contribution is -2.10. The molecular weight excluding hydrogens is 305 g/mol. The summed E-state index contributed by atoms with van der Waals surface area (Å²) < 4.78 is 13.1. The van der Waals surface area contributed by atoms with Crippen molar-refractivity contribution in [2.75, 3.05) is 0 Å². The lowest BCUT2D eigenvalue weighted by Gasteiger charge is -2.05. The smallest absolute Gasteiger partial charge is 0.259 e. The zero-order chi connectivity index (χ0) is 16.5. The van der Waals surface area contributed by atoms with Gasteiger partial charge in [0.2, 0.25) is 0 Å². The zero-order valence-corrected chi connectivity index (χ0v) is 12.5. The van der Waals surface area contributed by atoms with Crippen molar-refractivity contribution in [2.24, 2.45) is 0 Å². The summed E-state index contributed by atoms with van der Waals surface area (Å²) in [5, 5.41) is 0.483. The van der Waals surface area contributed by atoms with E-state index in [4.69, 9.17) is 0 Å². The second-order valence-corrected chi connectivity index (χ2v) is 5.37. The summed E-state index contributed by atoms with van der Waals surface area (Å²) in [5.41, 5.74) is 2.64. The van der Waals surface area contributed by atoms with Gasteiger partial charge in [-0.05, 0) is 47.5 Å². The van der Waals surface area contributed by atoms with E-state index in [1.54, 1.807) is 42.6 Å². The normalized spacial score (nSPS) is 10.9. The molecule has 0 fully saturated rings. The topological polar surface area (TPSA) is 58.6 Å². The Hall–Kier alpha value is -3.34. The van der Waals surface area contributed by atoms with E-state index in [9.17, 15) is 9.18 Å². The Morgan fingerprint density at radius 1 is 0.917 bits per heavy atom. The molecule has 0 saturated carbocycles. The molecule has 116 valence electrons. The van der Waals surface area contributed by atoms with Crippen LogP contribution in [-0.2, 0) is 0 Å². The minimum absolute atomic E-state index is 0.232. The van der Waals surface area contributed by atoms with E-state index >= 15 is 0 Å². The van der Waals surface area contributed by atoms with E-state index < -0.39 is 0 Å². The van der Waals surface area contributed by atoms with E-state index in [-0.39, 0.29) is 11.4 Å². The van der Waals surface area contributed by atoms with Crippen LogP contribution in [0.4, 0.5) is 4.39 Å². The van der Waals surface area contributed by atoms with Gasteiger partial charge in [-0.25, -0.2) is 9.37 Å². The SMILES string of the molecule is O=c1[nH]c(-c2ccccn2)nc2ccc(-c3ccc(F)cc3)cc12. The molecule has 0 amide bonds. The fourth-order valence-electron chi connectivity index (χ4n) is 2.58. The predicted molar refractivity (Wildman–Crippen MR) is 91.0 cm³/mol. The van der Waals surface area contributed by atoms with Crippen molar-refractivity contribution in [3.05, 3.63) is 83.0 Å². The predicted octanol–water partition coefficient (Wildman–Crippen LogP) is 3.79. The molecule has 24 heavy (non-hydrogen) atoms. The molecule has 0 radical (unpaired) electrons. The van der Waals surface area contributed by atoms with Crippen molar-refractivity contribution >= 4 is 10.9 Å². The fraction of sp³-hybridized carbons (Fsp3) is 0. The first kappa shape index (κ1) is 14.3. The van der Waals surface area contributed by atoms with Crippen LogP contribution in [0.2, 0.25) is 0 Å². The Labute approximate surface area is 136 Å². The highest BCUT2D eigenvalue weighted by molar-refractivity contribution is 5.84. The summed E-state index contributed by atoms with van der Waals surface area (Å²) in [6, 6.07) is 17.0. The zero-order valence-electron chi connectivity index (χ0n) is 12.5. The number of H-pyrrole nitrogens is 1. The number of fused-ring (bicyclic) bond motifs is 1. The molecule has 0 spiro atoms. The van der Waals surface area contributed by atoms with Gasteiger partial charge in [-0.2, -0.15) is 0 Å². The average molecular weight is 317 g/mol. The minimum Gasteiger partial charge on any atom is -0.305 e. The molecule has 4 aromatic rings. The van der Waals surface area contributed by atoms with Gasteiger partial charge in [0.05, 0.1) is 10.9 Å². The van der Waals surface area contributed by atoms with Crippen molar-refractivity contribution in [1.29, 1.82) is 0 Å². The summed E-state index contributed by atoms with van der Waals surface area (Å²) in [6.45, 7) is 0. The van der Waals surface area contributed by atoms with Gasteiger partial charge in [-0.15, -0.1) is 0 Å². The molecule has 5 heteroatoms. The van der Waals surface area contributed by atoms with Gasteiger partial charge in [0.1, 0.15) is 11.5 Å². The van der Waals surface area contributed by atoms with Crippen molar-refractivity contribution in [1.82, 2.24) is 15.0 Å². The molecule has 0 saturated heterocycles. The highest BCUT2D eigenvalue weighted by atomic mass is 19.1.